The lowest BCUT2D eigenvalue weighted by Crippen LogP contribution is -2.09. The summed E-state index contributed by atoms with van der Waals surface area (Å²) in [6.45, 7) is 5.79. The molecule has 0 N–H and O–H groups in total. The average molecular weight is 280 g/mol. The molecule has 5 nitrogen and oxygen atoms in total. The van der Waals surface area contributed by atoms with Gasteiger partial charge >= 0.3 is 10.1 Å². The Balaban J connectivity index is 2.23. The van der Waals surface area contributed by atoms with Crippen molar-refractivity contribution in [2.24, 2.45) is 0 Å². The molecule has 102 valence electrons. The van der Waals surface area contributed by atoms with Gasteiger partial charge < -0.3 is 4.18 Å². The van der Waals surface area contributed by atoms with Gasteiger partial charge in [-0.3, -0.25) is 4.68 Å². The molecule has 1 heterocycles. The minimum Gasteiger partial charge on any atom is -0.376 e. The summed E-state index contributed by atoms with van der Waals surface area (Å²) in [5.41, 5.74) is 0.992. The zero-order valence-corrected chi connectivity index (χ0v) is 11.9. The summed E-state index contributed by atoms with van der Waals surface area (Å²) >= 11 is 0. The van der Waals surface area contributed by atoms with E-state index in [-0.39, 0.29) is 16.7 Å². The van der Waals surface area contributed by atoms with Crippen LogP contribution in [0.15, 0.2) is 41.6 Å². The highest BCUT2D eigenvalue weighted by molar-refractivity contribution is 7.87. The highest BCUT2D eigenvalue weighted by atomic mass is 32.2. The summed E-state index contributed by atoms with van der Waals surface area (Å²) in [5, 5.41) is 4.03. The van der Waals surface area contributed by atoms with Crippen LogP contribution in [0.1, 0.15) is 25.5 Å². The van der Waals surface area contributed by atoms with Gasteiger partial charge in [-0.05, 0) is 32.9 Å². The van der Waals surface area contributed by atoms with E-state index in [9.17, 15) is 8.42 Å². The standard InChI is InChI=1S/C13H16N2O3S/c1-10(2)15-9-12(8-14-15)18-19(16,17)13-6-4-11(3)5-7-13/h4-10H,1-3H3. The second kappa shape index (κ2) is 5.05. The Morgan fingerprint density at radius 1 is 1.21 bits per heavy atom. The van der Waals surface area contributed by atoms with Crippen LogP contribution in [0.5, 0.6) is 5.75 Å². The summed E-state index contributed by atoms with van der Waals surface area (Å²) in [4.78, 5) is 0.135. The Kier molecular flexibility index (Phi) is 3.61. The molecule has 0 aliphatic rings. The van der Waals surface area contributed by atoms with Gasteiger partial charge in [0.2, 0.25) is 0 Å². The maximum absolute atomic E-state index is 12.0. The van der Waals surface area contributed by atoms with Crippen molar-refractivity contribution in [3.63, 3.8) is 0 Å². The van der Waals surface area contributed by atoms with E-state index in [2.05, 4.69) is 5.10 Å². The molecule has 0 atom stereocenters. The average Bonchev–Trinajstić information content (AvgIpc) is 2.77. The van der Waals surface area contributed by atoms with Crippen molar-refractivity contribution >= 4 is 10.1 Å². The lowest BCUT2D eigenvalue weighted by molar-refractivity contribution is 0.483. The van der Waals surface area contributed by atoms with Crippen LogP contribution in [-0.4, -0.2) is 18.2 Å². The molecular formula is C13H16N2O3S. The lowest BCUT2D eigenvalue weighted by Gasteiger charge is -2.05. The zero-order chi connectivity index (χ0) is 14.0. The molecule has 0 aliphatic carbocycles. The third kappa shape index (κ3) is 3.14. The number of nitrogens with zero attached hydrogens (tertiary/aromatic N) is 2. The van der Waals surface area contributed by atoms with Crippen molar-refractivity contribution < 1.29 is 12.6 Å². The van der Waals surface area contributed by atoms with Crippen LogP contribution < -0.4 is 4.18 Å². The van der Waals surface area contributed by atoms with Crippen molar-refractivity contribution in [3.05, 3.63) is 42.2 Å². The Morgan fingerprint density at radius 2 is 1.84 bits per heavy atom. The van der Waals surface area contributed by atoms with Crippen molar-refractivity contribution in [3.8, 4) is 5.75 Å². The normalized spacial score (nSPS) is 11.8. The molecule has 0 bridgehead atoms. The molecular weight excluding hydrogens is 264 g/mol. The smallest absolute Gasteiger partial charge is 0.339 e. The van der Waals surface area contributed by atoms with Gasteiger partial charge in [-0.15, -0.1) is 0 Å². The van der Waals surface area contributed by atoms with Gasteiger partial charge in [-0.1, -0.05) is 17.7 Å². The van der Waals surface area contributed by atoms with E-state index in [1.54, 1.807) is 23.0 Å². The monoisotopic (exact) mass is 280 g/mol. The number of hydrogen-bond donors (Lipinski definition) is 0. The molecule has 6 heteroatoms. The van der Waals surface area contributed by atoms with Gasteiger partial charge in [0.1, 0.15) is 4.90 Å². The van der Waals surface area contributed by atoms with Crippen LogP contribution in [0, 0.1) is 6.92 Å². The van der Waals surface area contributed by atoms with Gasteiger partial charge in [-0.2, -0.15) is 13.5 Å². The highest BCUT2D eigenvalue weighted by Gasteiger charge is 2.17. The SMILES string of the molecule is Cc1ccc(S(=O)(=O)Oc2cnn(C(C)C)c2)cc1. The summed E-state index contributed by atoms with van der Waals surface area (Å²) < 4.78 is 30.8. The first-order valence-electron chi connectivity index (χ1n) is 5.94. The Bertz CT molecular complexity index is 657. The molecule has 1 aromatic heterocycles. The Hall–Kier alpha value is -1.82. The lowest BCUT2D eigenvalue weighted by atomic mass is 10.2. The van der Waals surface area contributed by atoms with E-state index in [1.165, 1.54) is 18.3 Å². The van der Waals surface area contributed by atoms with Crippen LogP contribution in [0.4, 0.5) is 0 Å². The number of aromatic nitrogens is 2. The summed E-state index contributed by atoms with van der Waals surface area (Å²) in [7, 11) is -3.80. The molecule has 0 saturated heterocycles. The van der Waals surface area contributed by atoms with Gasteiger partial charge in [0.15, 0.2) is 5.75 Å². The van der Waals surface area contributed by atoms with Crippen LogP contribution in [0.25, 0.3) is 0 Å². The highest BCUT2D eigenvalue weighted by Crippen LogP contribution is 2.19. The second-order valence-electron chi connectivity index (χ2n) is 4.60. The minimum atomic E-state index is -3.80. The number of aryl methyl sites for hydroxylation is 1. The molecule has 0 fully saturated rings. The summed E-state index contributed by atoms with van der Waals surface area (Å²) in [6.07, 6.45) is 2.96. The molecule has 2 rings (SSSR count). The Morgan fingerprint density at radius 3 is 2.37 bits per heavy atom. The fraction of sp³-hybridized carbons (Fsp3) is 0.308. The van der Waals surface area contributed by atoms with E-state index in [0.29, 0.717) is 0 Å². The topological polar surface area (TPSA) is 61.2 Å². The molecule has 19 heavy (non-hydrogen) atoms. The number of rotatable bonds is 4. The number of hydrogen-bond acceptors (Lipinski definition) is 4. The van der Waals surface area contributed by atoms with Crippen LogP contribution in [0.3, 0.4) is 0 Å². The van der Waals surface area contributed by atoms with Crippen molar-refractivity contribution in [2.75, 3.05) is 0 Å². The molecule has 0 aliphatic heterocycles. The van der Waals surface area contributed by atoms with Gasteiger partial charge in [0, 0.05) is 6.04 Å². The van der Waals surface area contributed by atoms with Gasteiger partial charge in [0.25, 0.3) is 0 Å². The van der Waals surface area contributed by atoms with E-state index in [4.69, 9.17) is 4.18 Å². The van der Waals surface area contributed by atoms with Crippen molar-refractivity contribution in [1.29, 1.82) is 0 Å². The third-order valence-electron chi connectivity index (χ3n) is 2.62. The predicted molar refractivity (Wildman–Crippen MR) is 71.6 cm³/mol. The Labute approximate surface area is 113 Å². The van der Waals surface area contributed by atoms with Crippen LogP contribution >= 0.6 is 0 Å². The van der Waals surface area contributed by atoms with Crippen molar-refractivity contribution in [1.82, 2.24) is 9.78 Å². The summed E-state index contributed by atoms with van der Waals surface area (Å²) in [6, 6.07) is 6.66. The molecule has 1 aromatic carbocycles. The molecule has 0 unspecified atom stereocenters. The van der Waals surface area contributed by atoms with Gasteiger partial charge in [-0.25, -0.2) is 0 Å². The van der Waals surface area contributed by atoms with Crippen LogP contribution in [-0.2, 0) is 10.1 Å². The van der Waals surface area contributed by atoms with E-state index < -0.39 is 10.1 Å². The second-order valence-corrected chi connectivity index (χ2v) is 6.15. The number of benzene rings is 1. The molecule has 0 radical (unpaired) electrons. The fourth-order valence-corrected chi connectivity index (χ4v) is 2.43. The largest absolute Gasteiger partial charge is 0.376 e. The first kappa shape index (κ1) is 13.6. The zero-order valence-electron chi connectivity index (χ0n) is 11.1. The minimum absolute atomic E-state index is 0.135. The maximum Gasteiger partial charge on any atom is 0.339 e. The van der Waals surface area contributed by atoms with E-state index in [1.807, 2.05) is 20.8 Å². The molecule has 0 saturated carbocycles. The van der Waals surface area contributed by atoms with Gasteiger partial charge in [0.05, 0.1) is 12.4 Å². The van der Waals surface area contributed by atoms with Crippen LogP contribution in [0.2, 0.25) is 0 Å². The van der Waals surface area contributed by atoms with E-state index >= 15 is 0 Å². The first-order valence-corrected chi connectivity index (χ1v) is 7.34. The van der Waals surface area contributed by atoms with Crippen molar-refractivity contribution in [2.45, 2.75) is 31.7 Å². The molecule has 0 spiro atoms. The molecule has 0 amide bonds. The molecule has 2 aromatic rings. The quantitative estimate of drug-likeness (QED) is 0.807. The van der Waals surface area contributed by atoms with E-state index in [0.717, 1.165) is 5.56 Å². The fourth-order valence-electron chi connectivity index (χ4n) is 1.53. The summed E-state index contributed by atoms with van der Waals surface area (Å²) in [5.74, 6) is 0.217. The maximum atomic E-state index is 12.0. The first-order chi connectivity index (χ1) is 8.88. The predicted octanol–water partition coefficient (Wildman–Crippen LogP) is 2.54. The third-order valence-corrected chi connectivity index (χ3v) is 3.88.